The van der Waals surface area contributed by atoms with Gasteiger partial charge in [-0.1, -0.05) is 0 Å². The topological polar surface area (TPSA) is 92.5 Å². The summed E-state index contributed by atoms with van der Waals surface area (Å²) < 4.78 is 48.9. The van der Waals surface area contributed by atoms with Crippen LogP contribution in [0, 0.1) is 0 Å². The highest BCUT2D eigenvalue weighted by Gasteiger charge is 2.36. The minimum absolute atomic E-state index is 0.0835. The number of pyridine rings is 1. The Labute approximate surface area is 240 Å². The molecular formula is C29H31F3N8O2. The molecule has 0 N–H and O–H groups in total. The van der Waals surface area contributed by atoms with Gasteiger partial charge in [0.05, 0.1) is 36.6 Å². The van der Waals surface area contributed by atoms with Gasteiger partial charge < -0.3 is 24.0 Å². The van der Waals surface area contributed by atoms with Crippen LogP contribution in [0.2, 0.25) is 0 Å². The van der Waals surface area contributed by atoms with Gasteiger partial charge in [-0.3, -0.25) is 4.79 Å². The number of aromatic nitrogens is 5. The van der Waals surface area contributed by atoms with Gasteiger partial charge in [-0.05, 0) is 55.7 Å². The number of rotatable bonds is 6. The van der Waals surface area contributed by atoms with Crippen LogP contribution in [0.4, 0.5) is 24.5 Å². The Morgan fingerprint density at radius 2 is 1.88 bits per heavy atom. The number of halogens is 3. The number of imidazole rings is 1. The third-order valence-electron chi connectivity index (χ3n) is 7.87. The quantitative estimate of drug-likeness (QED) is 0.339. The number of carbonyl (C=O) groups excluding carboxylic acids is 1. The molecule has 1 saturated heterocycles. The first kappa shape index (κ1) is 27.7. The summed E-state index contributed by atoms with van der Waals surface area (Å²) in [5.41, 5.74) is 3.57. The van der Waals surface area contributed by atoms with Crippen molar-refractivity contribution >= 4 is 28.4 Å². The first-order chi connectivity index (χ1) is 20.2. The average Bonchev–Trinajstić information content (AvgIpc) is 3.39. The van der Waals surface area contributed by atoms with Crippen molar-refractivity contribution in [3.8, 4) is 6.01 Å². The highest BCUT2D eigenvalue weighted by molar-refractivity contribution is 5.79. The van der Waals surface area contributed by atoms with E-state index in [1.165, 1.54) is 12.1 Å². The van der Waals surface area contributed by atoms with E-state index in [2.05, 4.69) is 24.8 Å². The summed E-state index contributed by atoms with van der Waals surface area (Å²) in [6.45, 7) is 6.51. The lowest BCUT2D eigenvalue weighted by molar-refractivity contribution is -0.137. The van der Waals surface area contributed by atoms with Crippen molar-refractivity contribution in [2.24, 2.45) is 0 Å². The van der Waals surface area contributed by atoms with Gasteiger partial charge in [0.1, 0.15) is 12.1 Å². The standard InChI is InChI=1S/C29H31F3N8O2/c1-3-42-28-34-13-22(14-35-28)37-8-6-20-11-21(29(30,31)32)12-25(23(20)16-37)38-9-10-40(19(2)15-38)26(41)17-39-18-36-24-5-4-7-33-27(24)39/h4-5,7,11-14,18-19H,3,6,8-10,15-17H2,1-2H3/t19-/m1/s1. The summed E-state index contributed by atoms with van der Waals surface area (Å²) in [5, 5.41) is 0. The van der Waals surface area contributed by atoms with Crippen LogP contribution in [0.3, 0.4) is 0 Å². The second kappa shape index (κ2) is 11.1. The van der Waals surface area contributed by atoms with Crippen molar-refractivity contribution in [2.75, 3.05) is 42.6 Å². The Morgan fingerprint density at radius 3 is 2.62 bits per heavy atom. The molecule has 1 atom stereocenters. The van der Waals surface area contributed by atoms with E-state index in [4.69, 9.17) is 4.74 Å². The van der Waals surface area contributed by atoms with E-state index < -0.39 is 11.7 Å². The maximum absolute atomic E-state index is 14.0. The van der Waals surface area contributed by atoms with E-state index in [-0.39, 0.29) is 24.5 Å². The summed E-state index contributed by atoms with van der Waals surface area (Å²) in [6, 6.07) is 6.24. The summed E-state index contributed by atoms with van der Waals surface area (Å²) >= 11 is 0. The monoisotopic (exact) mass is 580 g/mol. The fourth-order valence-electron chi connectivity index (χ4n) is 5.79. The predicted molar refractivity (Wildman–Crippen MR) is 150 cm³/mol. The van der Waals surface area contributed by atoms with Gasteiger partial charge in [-0.25, -0.2) is 19.9 Å². The number of fused-ring (bicyclic) bond motifs is 2. The molecule has 13 heteroatoms. The number of alkyl halides is 3. The number of amides is 1. The number of nitrogens with zero attached hydrogens (tertiary/aromatic N) is 8. The third-order valence-corrected chi connectivity index (χ3v) is 7.87. The van der Waals surface area contributed by atoms with Crippen LogP contribution in [0.15, 0.2) is 49.2 Å². The lowest BCUT2D eigenvalue weighted by Crippen LogP contribution is -2.55. The van der Waals surface area contributed by atoms with Crippen LogP contribution in [-0.4, -0.2) is 74.1 Å². The first-order valence-corrected chi connectivity index (χ1v) is 13.9. The lowest BCUT2D eigenvalue weighted by Gasteiger charge is -2.43. The molecule has 2 aliphatic heterocycles. The zero-order chi connectivity index (χ0) is 29.4. The van der Waals surface area contributed by atoms with Crippen LogP contribution >= 0.6 is 0 Å². The molecule has 10 nitrogen and oxygen atoms in total. The molecule has 0 spiro atoms. The molecule has 6 rings (SSSR count). The number of piperazine rings is 1. The first-order valence-electron chi connectivity index (χ1n) is 13.9. The molecule has 0 saturated carbocycles. The van der Waals surface area contributed by atoms with Crippen LogP contribution in [0.5, 0.6) is 6.01 Å². The van der Waals surface area contributed by atoms with Gasteiger partial charge in [0.15, 0.2) is 5.65 Å². The molecule has 0 unspecified atom stereocenters. The fraction of sp³-hybridized carbons (Fsp3) is 0.414. The van der Waals surface area contributed by atoms with E-state index >= 15 is 0 Å². The van der Waals surface area contributed by atoms with Crippen LogP contribution < -0.4 is 14.5 Å². The minimum Gasteiger partial charge on any atom is -0.464 e. The molecule has 2 aliphatic rings. The lowest BCUT2D eigenvalue weighted by atomic mass is 9.93. The van der Waals surface area contributed by atoms with E-state index in [9.17, 15) is 18.0 Å². The number of anilines is 2. The summed E-state index contributed by atoms with van der Waals surface area (Å²) in [7, 11) is 0. The largest absolute Gasteiger partial charge is 0.464 e. The Balaban J connectivity index is 1.23. The van der Waals surface area contributed by atoms with Gasteiger partial charge in [0.25, 0.3) is 0 Å². The molecule has 0 bridgehead atoms. The van der Waals surface area contributed by atoms with Crippen molar-refractivity contribution in [2.45, 2.75) is 45.6 Å². The molecule has 1 aromatic carbocycles. The molecule has 1 fully saturated rings. The van der Waals surface area contributed by atoms with Gasteiger partial charge in [0, 0.05) is 50.6 Å². The van der Waals surface area contributed by atoms with Crippen molar-refractivity contribution in [1.82, 2.24) is 29.4 Å². The highest BCUT2D eigenvalue weighted by Crippen LogP contribution is 2.39. The molecule has 0 radical (unpaired) electrons. The number of hydrogen-bond acceptors (Lipinski definition) is 8. The van der Waals surface area contributed by atoms with Gasteiger partial charge in [-0.2, -0.15) is 13.2 Å². The van der Waals surface area contributed by atoms with Gasteiger partial charge in [0.2, 0.25) is 5.91 Å². The maximum Gasteiger partial charge on any atom is 0.416 e. The van der Waals surface area contributed by atoms with Gasteiger partial charge >= 0.3 is 12.2 Å². The smallest absolute Gasteiger partial charge is 0.416 e. The molecule has 0 aliphatic carbocycles. The maximum atomic E-state index is 14.0. The average molecular weight is 581 g/mol. The number of ether oxygens (including phenoxy) is 1. The Bertz CT molecular complexity index is 1590. The normalized spacial score (nSPS) is 17.5. The van der Waals surface area contributed by atoms with Crippen molar-refractivity contribution in [1.29, 1.82) is 0 Å². The summed E-state index contributed by atoms with van der Waals surface area (Å²) in [5.74, 6) is -0.0835. The molecule has 1 amide bonds. The Kier molecular flexibility index (Phi) is 7.33. The van der Waals surface area contributed by atoms with Gasteiger partial charge in [-0.15, -0.1) is 0 Å². The molecule has 3 aromatic heterocycles. The van der Waals surface area contributed by atoms with E-state index in [0.717, 1.165) is 11.3 Å². The molecular weight excluding hydrogens is 549 g/mol. The van der Waals surface area contributed by atoms with Crippen molar-refractivity contribution in [3.05, 3.63) is 65.9 Å². The fourth-order valence-corrected chi connectivity index (χ4v) is 5.79. The Morgan fingerprint density at radius 1 is 1.07 bits per heavy atom. The Hall–Kier alpha value is -4.42. The third kappa shape index (κ3) is 5.42. The van der Waals surface area contributed by atoms with Crippen molar-refractivity contribution in [3.63, 3.8) is 0 Å². The zero-order valence-corrected chi connectivity index (χ0v) is 23.4. The highest BCUT2D eigenvalue weighted by atomic mass is 19.4. The SMILES string of the molecule is CCOc1ncc(N2CCc3cc(C(F)(F)F)cc(N4CCN(C(=O)Cn5cnc6cccnc65)[C@H](C)C4)c3C2)cn1. The summed E-state index contributed by atoms with van der Waals surface area (Å²) in [6.07, 6.45) is 2.62. The second-order valence-electron chi connectivity index (χ2n) is 10.6. The number of carbonyl (C=O) groups is 1. The molecule has 42 heavy (non-hydrogen) atoms. The second-order valence-corrected chi connectivity index (χ2v) is 10.6. The van der Waals surface area contributed by atoms with E-state index in [1.807, 2.05) is 24.8 Å². The van der Waals surface area contributed by atoms with E-state index in [0.29, 0.717) is 68.2 Å². The number of benzene rings is 1. The van der Waals surface area contributed by atoms with Crippen LogP contribution in [0.25, 0.3) is 11.2 Å². The molecule has 5 heterocycles. The molecule has 220 valence electrons. The zero-order valence-electron chi connectivity index (χ0n) is 23.4. The minimum atomic E-state index is -4.46. The number of hydrogen-bond donors (Lipinski definition) is 0. The molecule has 4 aromatic rings. The van der Waals surface area contributed by atoms with E-state index in [1.54, 1.807) is 40.5 Å². The van der Waals surface area contributed by atoms with Crippen LogP contribution in [-0.2, 0) is 30.5 Å². The van der Waals surface area contributed by atoms with Crippen molar-refractivity contribution < 1.29 is 22.7 Å². The summed E-state index contributed by atoms with van der Waals surface area (Å²) in [4.78, 5) is 36.3. The predicted octanol–water partition coefficient (Wildman–Crippen LogP) is 3.94. The van der Waals surface area contributed by atoms with Crippen LogP contribution in [0.1, 0.15) is 30.5 Å².